The molecule has 0 bridgehead atoms. The average molecular weight is 155 g/mol. The summed E-state index contributed by atoms with van der Waals surface area (Å²) in [6.45, 7) is 2.76. The maximum atomic E-state index is 4.96. The monoisotopic (exact) mass is 155 g/mol. The van der Waals surface area contributed by atoms with Crippen molar-refractivity contribution in [2.45, 2.75) is 26.3 Å². The van der Waals surface area contributed by atoms with E-state index >= 15 is 0 Å². The Morgan fingerprint density at radius 1 is 1.55 bits per heavy atom. The lowest BCUT2D eigenvalue weighted by Crippen LogP contribution is -2.06. The molecule has 0 aliphatic heterocycles. The Balaban J connectivity index is 2.51. The van der Waals surface area contributed by atoms with Crippen molar-refractivity contribution in [2.24, 2.45) is 0 Å². The zero-order valence-corrected chi connectivity index (χ0v) is 6.92. The number of aryl methyl sites for hydroxylation is 1. The summed E-state index contributed by atoms with van der Waals surface area (Å²) >= 11 is 0. The molecule has 0 unspecified atom stereocenters. The lowest BCUT2D eigenvalue weighted by Gasteiger charge is -1.86. The summed E-state index contributed by atoms with van der Waals surface area (Å²) in [6, 6.07) is 0. The fourth-order valence-electron chi connectivity index (χ4n) is 0.835. The molecular weight excluding hydrogens is 142 g/mol. The van der Waals surface area contributed by atoms with E-state index in [0.717, 1.165) is 24.6 Å². The Kier molecular flexibility index (Phi) is 3.04. The van der Waals surface area contributed by atoms with E-state index in [-0.39, 0.29) is 0 Å². The highest BCUT2D eigenvalue weighted by Gasteiger charge is 2.02. The van der Waals surface area contributed by atoms with E-state index in [4.69, 9.17) is 4.52 Å². The van der Waals surface area contributed by atoms with Crippen molar-refractivity contribution in [3.63, 3.8) is 0 Å². The summed E-state index contributed by atoms with van der Waals surface area (Å²) < 4.78 is 4.96. The van der Waals surface area contributed by atoms with Crippen LogP contribution in [0.1, 0.15) is 25.1 Å². The van der Waals surface area contributed by atoms with E-state index in [1.165, 1.54) is 0 Å². The first-order valence-electron chi connectivity index (χ1n) is 3.83. The van der Waals surface area contributed by atoms with E-state index in [9.17, 15) is 0 Å². The van der Waals surface area contributed by atoms with Crippen molar-refractivity contribution in [1.29, 1.82) is 0 Å². The predicted octanol–water partition coefficient (Wildman–Crippen LogP) is 0.741. The Bertz CT molecular complexity index is 189. The van der Waals surface area contributed by atoms with E-state index in [1.54, 1.807) is 0 Å². The number of hydrogen-bond acceptors (Lipinski definition) is 4. The molecule has 1 aromatic heterocycles. The highest BCUT2D eigenvalue weighted by atomic mass is 16.5. The number of hydrogen-bond donors (Lipinski definition) is 1. The van der Waals surface area contributed by atoms with Crippen LogP contribution in [0.5, 0.6) is 0 Å². The highest BCUT2D eigenvalue weighted by molar-refractivity contribution is 4.85. The number of nitrogens with zero attached hydrogens (tertiary/aromatic N) is 2. The Morgan fingerprint density at radius 3 is 3.00 bits per heavy atom. The SMILES string of the molecule is CCCc1nc(CNC)no1. The Morgan fingerprint density at radius 2 is 2.36 bits per heavy atom. The van der Waals surface area contributed by atoms with Crippen LogP contribution in [0.25, 0.3) is 0 Å². The summed E-state index contributed by atoms with van der Waals surface area (Å²) in [5.41, 5.74) is 0. The third-order valence-corrected chi connectivity index (χ3v) is 1.31. The molecule has 0 atom stereocenters. The second-order valence-electron chi connectivity index (χ2n) is 2.38. The first kappa shape index (κ1) is 8.20. The molecule has 1 heterocycles. The third kappa shape index (κ3) is 2.31. The summed E-state index contributed by atoms with van der Waals surface area (Å²) in [7, 11) is 1.86. The van der Waals surface area contributed by atoms with Gasteiger partial charge in [0.1, 0.15) is 0 Å². The van der Waals surface area contributed by atoms with Crippen LogP contribution in [0.2, 0.25) is 0 Å². The van der Waals surface area contributed by atoms with E-state index < -0.39 is 0 Å². The quantitative estimate of drug-likeness (QED) is 0.696. The second kappa shape index (κ2) is 4.08. The molecule has 0 saturated heterocycles. The van der Waals surface area contributed by atoms with Crippen molar-refractivity contribution in [1.82, 2.24) is 15.5 Å². The molecule has 1 N–H and O–H groups in total. The van der Waals surface area contributed by atoms with Gasteiger partial charge in [-0.15, -0.1) is 0 Å². The van der Waals surface area contributed by atoms with Gasteiger partial charge in [-0.25, -0.2) is 0 Å². The van der Waals surface area contributed by atoms with Crippen LogP contribution in [0.4, 0.5) is 0 Å². The molecule has 62 valence electrons. The summed E-state index contributed by atoms with van der Waals surface area (Å²) in [5.74, 6) is 1.47. The lowest BCUT2D eigenvalue weighted by atomic mass is 10.3. The van der Waals surface area contributed by atoms with Gasteiger partial charge >= 0.3 is 0 Å². The molecule has 0 aliphatic rings. The van der Waals surface area contributed by atoms with Crippen molar-refractivity contribution in [3.8, 4) is 0 Å². The molecule has 0 aliphatic carbocycles. The van der Waals surface area contributed by atoms with E-state index in [1.807, 2.05) is 7.05 Å². The standard InChI is InChI=1S/C7H13N3O/c1-3-4-7-9-6(5-8-2)10-11-7/h8H,3-5H2,1-2H3. The van der Waals surface area contributed by atoms with Crippen molar-refractivity contribution < 1.29 is 4.52 Å². The first-order valence-corrected chi connectivity index (χ1v) is 3.83. The summed E-state index contributed by atoms with van der Waals surface area (Å²) in [4.78, 5) is 4.15. The molecule has 1 rings (SSSR count). The second-order valence-corrected chi connectivity index (χ2v) is 2.38. The number of aromatic nitrogens is 2. The number of rotatable bonds is 4. The van der Waals surface area contributed by atoms with Crippen LogP contribution in [0.3, 0.4) is 0 Å². The molecule has 0 radical (unpaired) electrons. The zero-order valence-electron chi connectivity index (χ0n) is 6.92. The Hall–Kier alpha value is -0.900. The van der Waals surface area contributed by atoms with Gasteiger partial charge in [0.2, 0.25) is 5.89 Å². The van der Waals surface area contributed by atoms with Crippen molar-refractivity contribution in [2.75, 3.05) is 7.05 Å². The predicted molar refractivity (Wildman–Crippen MR) is 41.1 cm³/mol. The highest BCUT2D eigenvalue weighted by Crippen LogP contribution is 1.99. The van der Waals surface area contributed by atoms with Crippen LogP contribution >= 0.6 is 0 Å². The normalized spacial score (nSPS) is 10.4. The molecule has 1 aromatic rings. The van der Waals surface area contributed by atoms with Gasteiger partial charge < -0.3 is 9.84 Å². The minimum absolute atomic E-state index is 0.674. The molecule has 4 nitrogen and oxygen atoms in total. The molecular formula is C7H13N3O. The fraction of sp³-hybridized carbons (Fsp3) is 0.714. The smallest absolute Gasteiger partial charge is 0.226 e. The van der Waals surface area contributed by atoms with Gasteiger partial charge in [-0.3, -0.25) is 0 Å². The minimum atomic E-state index is 0.674. The number of nitrogens with one attached hydrogen (secondary N) is 1. The maximum Gasteiger partial charge on any atom is 0.226 e. The summed E-state index contributed by atoms with van der Waals surface area (Å²) in [5, 5.41) is 6.73. The zero-order chi connectivity index (χ0) is 8.10. The Labute approximate surface area is 66.0 Å². The van der Waals surface area contributed by atoms with E-state index in [0.29, 0.717) is 6.54 Å². The topological polar surface area (TPSA) is 51.0 Å². The van der Waals surface area contributed by atoms with Gasteiger partial charge in [0.15, 0.2) is 5.82 Å². The van der Waals surface area contributed by atoms with Crippen LogP contribution in [0, 0.1) is 0 Å². The summed E-state index contributed by atoms with van der Waals surface area (Å²) in [6.07, 6.45) is 1.91. The molecule has 4 heteroatoms. The van der Waals surface area contributed by atoms with Gasteiger partial charge in [0, 0.05) is 6.42 Å². The van der Waals surface area contributed by atoms with Crippen molar-refractivity contribution in [3.05, 3.63) is 11.7 Å². The largest absolute Gasteiger partial charge is 0.339 e. The van der Waals surface area contributed by atoms with Gasteiger partial charge in [0.25, 0.3) is 0 Å². The third-order valence-electron chi connectivity index (χ3n) is 1.31. The van der Waals surface area contributed by atoms with Gasteiger partial charge in [-0.05, 0) is 13.5 Å². The molecule has 11 heavy (non-hydrogen) atoms. The first-order chi connectivity index (χ1) is 5.36. The lowest BCUT2D eigenvalue weighted by molar-refractivity contribution is 0.371. The van der Waals surface area contributed by atoms with Crippen LogP contribution < -0.4 is 5.32 Å². The molecule has 0 amide bonds. The van der Waals surface area contributed by atoms with Gasteiger partial charge in [0.05, 0.1) is 6.54 Å². The molecule has 0 spiro atoms. The van der Waals surface area contributed by atoms with Gasteiger partial charge in [-0.2, -0.15) is 4.98 Å². The van der Waals surface area contributed by atoms with Crippen molar-refractivity contribution >= 4 is 0 Å². The van der Waals surface area contributed by atoms with E-state index in [2.05, 4.69) is 22.4 Å². The molecule has 0 saturated carbocycles. The van der Waals surface area contributed by atoms with Crippen LogP contribution in [0.15, 0.2) is 4.52 Å². The van der Waals surface area contributed by atoms with Crippen LogP contribution in [-0.4, -0.2) is 17.2 Å². The molecule has 0 fully saturated rings. The van der Waals surface area contributed by atoms with Crippen LogP contribution in [-0.2, 0) is 13.0 Å². The van der Waals surface area contributed by atoms with Gasteiger partial charge in [-0.1, -0.05) is 12.1 Å². The maximum absolute atomic E-state index is 4.96. The molecule has 0 aromatic carbocycles. The minimum Gasteiger partial charge on any atom is -0.339 e. The average Bonchev–Trinajstić information content (AvgIpc) is 2.38. The fourth-order valence-corrected chi connectivity index (χ4v) is 0.835.